The zero-order valence-corrected chi connectivity index (χ0v) is 14.3. The maximum Gasteiger partial charge on any atom is 0.261 e. The van der Waals surface area contributed by atoms with Gasteiger partial charge in [0.2, 0.25) is 0 Å². The number of halogens is 2. The molecule has 0 saturated carbocycles. The third kappa shape index (κ3) is 3.82. The van der Waals surface area contributed by atoms with Gasteiger partial charge in [0.05, 0.1) is 10.6 Å². The van der Waals surface area contributed by atoms with Crippen molar-refractivity contribution in [3.05, 3.63) is 57.0 Å². The highest BCUT2D eigenvalue weighted by atomic mass is 79.9. The van der Waals surface area contributed by atoms with Crippen LogP contribution in [0.2, 0.25) is 0 Å². The topological polar surface area (TPSA) is 72.2 Å². The fourth-order valence-electron chi connectivity index (χ4n) is 1.63. The summed E-state index contributed by atoms with van der Waals surface area (Å²) < 4.78 is 28.6. The average molecular weight is 420 g/mol. The lowest BCUT2D eigenvalue weighted by molar-refractivity contribution is 0.601. The summed E-state index contributed by atoms with van der Waals surface area (Å²) in [5.74, 6) is 0. The van der Waals surface area contributed by atoms with Crippen molar-refractivity contribution in [3.63, 3.8) is 0 Å². The van der Waals surface area contributed by atoms with Crippen molar-refractivity contribution in [1.82, 2.24) is 0 Å². The molecule has 2 aromatic rings. The zero-order chi connectivity index (χ0) is 14.8. The van der Waals surface area contributed by atoms with Crippen molar-refractivity contribution in [1.29, 1.82) is 0 Å². The molecular formula is C13H12Br2N2O2S. The van der Waals surface area contributed by atoms with E-state index < -0.39 is 10.0 Å². The number of rotatable bonds is 4. The number of hydrogen-bond acceptors (Lipinski definition) is 3. The summed E-state index contributed by atoms with van der Waals surface area (Å²) in [5, 5.41) is 0. The molecule has 2 aromatic carbocycles. The molecule has 7 heteroatoms. The van der Waals surface area contributed by atoms with Crippen molar-refractivity contribution < 1.29 is 8.42 Å². The van der Waals surface area contributed by atoms with Gasteiger partial charge in [0.15, 0.2) is 0 Å². The SMILES string of the molecule is NCc1ccc(S(=O)(=O)Nc2cc(Br)cc(Br)c2)cc1. The average Bonchev–Trinajstić information content (AvgIpc) is 2.37. The van der Waals surface area contributed by atoms with Crippen molar-refractivity contribution >= 4 is 47.6 Å². The van der Waals surface area contributed by atoms with Gasteiger partial charge in [0.25, 0.3) is 10.0 Å². The van der Waals surface area contributed by atoms with Crippen LogP contribution in [0.5, 0.6) is 0 Å². The van der Waals surface area contributed by atoms with E-state index in [1.807, 2.05) is 6.07 Å². The Balaban J connectivity index is 2.30. The van der Waals surface area contributed by atoms with E-state index in [9.17, 15) is 8.42 Å². The molecule has 0 unspecified atom stereocenters. The molecule has 20 heavy (non-hydrogen) atoms. The Hall–Kier alpha value is -0.890. The summed E-state index contributed by atoms with van der Waals surface area (Å²) in [6, 6.07) is 11.7. The van der Waals surface area contributed by atoms with E-state index in [-0.39, 0.29) is 4.90 Å². The molecule has 0 radical (unpaired) electrons. The van der Waals surface area contributed by atoms with Crippen LogP contribution >= 0.6 is 31.9 Å². The molecule has 0 aliphatic heterocycles. The van der Waals surface area contributed by atoms with Gasteiger partial charge in [-0.1, -0.05) is 44.0 Å². The number of nitrogens with two attached hydrogens (primary N) is 1. The second-order valence-electron chi connectivity index (χ2n) is 4.11. The zero-order valence-electron chi connectivity index (χ0n) is 10.3. The minimum Gasteiger partial charge on any atom is -0.326 e. The molecule has 0 spiro atoms. The Labute approximate surface area is 134 Å². The van der Waals surface area contributed by atoms with Gasteiger partial charge in [-0.05, 0) is 35.9 Å². The first kappa shape index (κ1) is 15.5. The lowest BCUT2D eigenvalue weighted by Gasteiger charge is -2.09. The molecule has 0 heterocycles. The summed E-state index contributed by atoms with van der Waals surface area (Å²) in [6.07, 6.45) is 0. The monoisotopic (exact) mass is 418 g/mol. The predicted octanol–water partition coefficient (Wildman–Crippen LogP) is 3.47. The Morgan fingerprint density at radius 3 is 2.05 bits per heavy atom. The Morgan fingerprint density at radius 1 is 1.00 bits per heavy atom. The number of hydrogen-bond donors (Lipinski definition) is 2. The molecule has 0 aliphatic rings. The Bertz CT molecular complexity index is 695. The quantitative estimate of drug-likeness (QED) is 0.796. The molecule has 0 aliphatic carbocycles. The normalized spacial score (nSPS) is 11.3. The fraction of sp³-hybridized carbons (Fsp3) is 0.0769. The number of anilines is 1. The largest absolute Gasteiger partial charge is 0.326 e. The van der Waals surface area contributed by atoms with Crippen LogP contribution in [-0.4, -0.2) is 8.42 Å². The molecule has 0 atom stereocenters. The van der Waals surface area contributed by atoms with Gasteiger partial charge in [-0.25, -0.2) is 8.42 Å². The summed E-state index contributed by atoms with van der Waals surface area (Å²) in [7, 11) is -3.60. The van der Waals surface area contributed by atoms with Crippen molar-refractivity contribution in [2.75, 3.05) is 4.72 Å². The van der Waals surface area contributed by atoms with Crippen molar-refractivity contribution in [2.45, 2.75) is 11.4 Å². The van der Waals surface area contributed by atoms with E-state index in [2.05, 4.69) is 36.6 Å². The van der Waals surface area contributed by atoms with Gasteiger partial charge in [-0.2, -0.15) is 0 Å². The van der Waals surface area contributed by atoms with Crippen molar-refractivity contribution in [2.24, 2.45) is 5.73 Å². The standard InChI is InChI=1S/C13H12Br2N2O2S/c14-10-5-11(15)7-12(6-10)17-20(18,19)13-3-1-9(8-16)2-4-13/h1-7,17H,8,16H2. The first-order chi connectivity index (χ1) is 9.40. The second-order valence-corrected chi connectivity index (χ2v) is 7.63. The maximum absolute atomic E-state index is 12.3. The van der Waals surface area contributed by atoms with E-state index in [0.717, 1.165) is 14.5 Å². The molecule has 4 nitrogen and oxygen atoms in total. The van der Waals surface area contributed by atoms with Crippen LogP contribution in [0.4, 0.5) is 5.69 Å². The first-order valence-electron chi connectivity index (χ1n) is 5.68. The van der Waals surface area contributed by atoms with Crippen LogP contribution in [-0.2, 0) is 16.6 Å². The molecule has 0 fully saturated rings. The van der Waals surface area contributed by atoms with Gasteiger partial charge in [-0.15, -0.1) is 0 Å². The highest BCUT2D eigenvalue weighted by Crippen LogP contribution is 2.25. The third-order valence-corrected chi connectivity index (χ3v) is 4.90. The molecule has 3 N–H and O–H groups in total. The van der Waals surface area contributed by atoms with E-state index >= 15 is 0 Å². The highest BCUT2D eigenvalue weighted by molar-refractivity contribution is 9.11. The van der Waals surface area contributed by atoms with Crippen LogP contribution in [0.1, 0.15) is 5.56 Å². The van der Waals surface area contributed by atoms with E-state index in [0.29, 0.717) is 12.2 Å². The lowest BCUT2D eigenvalue weighted by Crippen LogP contribution is -2.13. The predicted molar refractivity (Wildman–Crippen MR) is 87.0 cm³/mol. The van der Waals surface area contributed by atoms with Gasteiger partial charge < -0.3 is 5.73 Å². The van der Waals surface area contributed by atoms with Crippen LogP contribution in [0.25, 0.3) is 0 Å². The number of nitrogens with one attached hydrogen (secondary N) is 1. The second kappa shape index (κ2) is 6.26. The van der Waals surface area contributed by atoms with Crippen LogP contribution in [0.15, 0.2) is 56.3 Å². The van der Waals surface area contributed by atoms with E-state index in [1.54, 1.807) is 24.3 Å². The summed E-state index contributed by atoms with van der Waals surface area (Å²) in [6.45, 7) is 0.381. The van der Waals surface area contributed by atoms with Gasteiger partial charge in [0, 0.05) is 15.5 Å². The third-order valence-electron chi connectivity index (χ3n) is 2.58. The van der Waals surface area contributed by atoms with E-state index in [4.69, 9.17) is 5.73 Å². The van der Waals surface area contributed by atoms with Gasteiger partial charge in [-0.3, -0.25) is 4.72 Å². The van der Waals surface area contributed by atoms with Crippen LogP contribution in [0, 0.1) is 0 Å². The smallest absolute Gasteiger partial charge is 0.261 e. The van der Waals surface area contributed by atoms with Crippen LogP contribution in [0.3, 0.4) is 0 Å². The summed E-state index contributed by atoms with van der Waals surface area (Å²) >= 11 is 6.63. The first-order valence-corrected chi connectivity index (χ1v) is 8.75. The molecule has 2 rings (SSSR count). The van der Waals surface area contributed by atoms with Crippen LogP contribution < -0.4 is 10.5 Å². The minimum atomic E-state index is -3.60. The lowest BCUT2D eigenvalue weighted by atomic mass is 10.2. The Kier molecular flexibility index (Phi) is 4.85. The van der Waals surface area contributed by atoms with Gasteiger partial charge >= 0.3 is 0 Å². The fourth-order valence-corrected chi connectivity index (χ4v) is 3.97. The molecule has 0 bridgehead atoms. The minimum absolute atomic E-state index is 0.200. The summed E-state index contributed by atoms with van der Waals surface area (Å²) in [5.41, 5.74) is 6.85. The maximum atomic E-state index is 12.3. The molecule has 106 valence electrons. The van der Waals surface area contributed by atoms with Crippen molar-refractivity contribution in [3.8, 4) is 0 Å². The molecule has 0 amide bonds. The highest BCUT2D eigenvalue weighted by Gasteiger charge is 2.14. The number of benzene rings is 2. The molecular weight excluding hydrogens is 408 g/mol. The Morgan fingerprint density at radius 2 is 1.55 bits per heavy atom. The molecule has 0 saturated heterocycles. The number of sulfonamides is 1. The van der Waals surface area contributed by atoms with E-state index in [1.165, 1.54) is 12.1 Å². The molecule has 0 aromatic heterocycles. The van der Waals surface area contributed by atoms with Gasteiger partial charge in [0.1, 0.15) is 0 Å². The summed E-state index contributed by atoms with van der Waals surface area (Å²) in [4.78, 5) is 0.200.